The predicted octanol–water partition coefficient (Wildman–Crippen LogP) is 2.88. The second kappa shape index (κ2) is 8.39. The first-order valence-corrected chi connectivity index (χ1v) is 9.87. The monoisotopic (exact) mass is 391 g/mol. The number of likely N-dealkylation sites (tertiary alicyclic amines) is 1. The highest BCUT2D eigenvalue weighted by Crippen LogP contribution is 2.22. The number of benzene rings is 2. The van der Waals surface area contributed by atoms with Gasteiger partial charge in [-0.3, -0.25) is 9.59 Å². The zero-order valence-electron chi connectivity index (χ0n) is 16.5. The van der Waals surface area contributed by atoms with E-state index in [0.29, 0.717) is 19.6 Å². The van der Waals surface area contributed by atoms with Crippen molar-refractivity contribution in [1.29, 1.82) is 0 Å². The Morgan fingerprint density at radius 2 is 2.00 bits per heavy atom. The van der Waals surface area contributed by atoms with E-state index >= 15 is 0 Å². The van der Waals surface area contributed by atoms with Gasteiger partial charge in [0.2, 0.25) is 11.8 Å². The van der Waals surface area contributed by atoms with E-state index in [-0.39, 0.29) is 24.2 Å². The zero-order chi connectivity index (χ0) is 20.2. The molecule has 1 unspecified atom stereocenters. The largest absolute Gasteiger partial charge is 0.497 e. The number of hydrogen-bond acceptors (Lipinski definition) is 3. The van der Waals surface area contributed by atoms with Gasteiger partial charge in [-0.15, -0.1) is 0 Å². The number of fused-ring (bicyclic) bond motifs is 1. The highest BCUT2D eigenvalue weighted by Gasteiger charge is 2.34. The molecule has 3 aromatic rings. The molecule has 1 aliphatic rings. The first-order chi connectivity index (χ1) is 14.1. The van der Waals surface area contributed by atoms with Gasteiger partial charge in [0.25, 0.3) is 0 Å². The van der Waals surface area contributed by atoms with E-state index < -0.39 is 0 Å². The van der Waals surface area contributed by atoms with Crippen molar-refractivity contribution in [3.8, 4) is 5.75 Å². The lowest BCUT2D eigenvalue weighted by Crippen LogP contribution is -2.34. The fourth-order valence-electron chi connectivity index (χ4n) is 3.86. The zero-order valence-corrected chi connectivity index (χ0v) is 16.5. The summed E-state index contributed by atoms with van der Waals surface area (Å²) < 4.78 is 5.16. The molecule has 2 heterocycles. The van der Waals surface area contributed by atoms with E-state index in [1.165, 1.54) is 10.9 Å². The molecule has 1 aliphatic heterocycles. The van der Waals surface area contributed by atoms with Crippen molar-refractivity contribution < 1.29 is 14.3 Å². The van der Waals surface area contributed by atoms with Crippen LogP contribution in [-0.4, -0.2) is 41.9 Å². The molecule has 1 fully saturated rings. The Hall–Kier alpha value is -3.28. The maximum Gasteiger partial charge on any atom is 0.225 e. The minimum Gasteiger partial charge on any atom is -0.497 e. The average Bonchev–Trinajstić information content (AvgIpc) is 3.32. The van der Waals surface area contributed by atoms with Crippen LogP contribution in [0.1, 0.15) is 17.5 Å². The number of aromatic nitrogens is 1. The first kappa shape index (κ1) is 19.1. The van der Waals surface area contributed by atoms with Gasteiger partial charge in [-0.25, -0.2) is 0 Å². The summed E-state index contributed by atoms with van der Waals surface area (Å²) in [6.45, 7) is 1.54. The summed E-state index contributed by atoms with van der Waals surface area (Å²) in [6.07, 6.45) is 3.02. The van der Waals surface area contributed by atoms with Crippen LogP contribution in [0.2, 0.25) is 0 Å². The van der Waals surface area contributed by atoms with E-state index in [9.17, 15) is 9.59 Å². The van der Waals surface area contributed by atoms with Gasteiger partial charge in [0.1, 0.15) is 5.75 Å². The van der Waals surface area contributed by atoms with Gasteiger partial charge in [-0.1, -0.05) is 30.3 Å². The molecule has 0 spiro atoms. The van der Waals surface area contributed by atoms with E-state index in [0.717, 1.165) is 23.3 Å². The van der Waals surface area contributed by atoms with Crippen LogP contribution in [0.25, 0.3) is 10.9 Å². The predicted molar refractivity (Wildman–Crippen MR) is 112 cm³/mol. The molecule has 29 heavy (non-hydrogen) atoms. The summed E-state index contributed by atoms with van der Waals surface area (Å²) in [7, 11) is 1.63. The minimum absolute atomic E-state index is 0.0256. The number of carbonyl (C=O) groups is 2. The molecule has 0 radical (unpaired) electrons. The Morgan fingerprint density at radius 1 is 1.21 bits per heavy atom. The van der Waals surface area contributed by atoms with Crippen molar-refractivity contribution in [1.82, 2.24) is 15.2 Å². The number of hydrogen-bond donors (Lipinski definition) is 2. The number of aromatic amines is 1. The van der Waals surface area contributed by atoms with Gasteiger partial charge in [-0.05, 0) is 35.7 Å². The molecule has 0 bridgehead atoms. The lowest BCUT2D eigenvalue weighted by Gasteiger charge is -2.17. The second-order valence-electron chi connectivity index (χ2n) is 7.42. The van der Waals surface area contributed by atoms with E-state index in [2.05, 4.69) is 16.4 Å². The molecule has 2 amide bonds. The molecule has 6 nitrogen and oxygen atoms in total. The van der Waals surface area contributed by atoms with E-state index in [4.69, 9.17) is 4.74 Å². The van der Waals surface area contributed by atoms with Crippen molar-refractivity contribution in [2.45, 2.75) is 19.4 Å². The van der Waals surface area contributed by atoms with Crippen LogP contribution < -0.4 is 10.1 Å². The lowest BCUT2D eigenvalue weighted by atomic mass is 10.1. The number of amides is 2. The number of nitrogens with zero attached hydrogens (tertiary/aromatic N) is 1. The van der Waals surface area contributed by atoms with Crippen LogP contribution >= 0.6 is 0 Å². The molecule has 1 aromatic heterocycles. The summed E-state index contributed by atoms with van der Waals surface area (Å²) in [4.78, 5) is 29.9. The number of H-pyrrole nitrogens is 1. The smallest absolute Gasteiger partial charge is 0.225 e. The third-order valence-corrected chi connectivity index (χ3v) is 5.49. The Bertz CT molecular complexity index is 1010. The van der Waals surface area contributed by atoms with Crippen molar-refractivity contribution in [3.05, 3.63) is 65.9 Å². The van der Waals surface area contributed by atoms with Crippen molar-refractivity contribution in [2.24, 2.45) is 5.92 Å². The quantitative estimate of drug-likeness (QED) is 0.650. The number of methoxy groups -OCH3 is 1. The average molecular weight is 391 g/mol. The lowest BCUT2D eigenvalue weighted by molar-refractivity contribution is -0.129. The van der Waals surface area contributed by atoms with Crippen LogP contribution in [0.3, 0.4) is 0 Å². The van der Waals surface area contributed by atoms with Crippen LogP contribution in [0.15, 0.2) is 54.7 Å². The van der Waals surface area contributed by atoms with Gasteiger partial charge >= 0.3 is 0 Å². The maximum absolute atomic E-state index is 12.6. The number of nitrogens with one attached hydrogen (secondary N) is 2. The van der Waals surface area contributed by atoms with Gasteiger partial charge in [0, 0.05) is 43.2 Å². The Labute approximate surface area is 169 Å². The Balaban J connectivity index is 1.28. The summed E-state index contributed by atoms with van der Waals surface area (Å²) in [6, 6.07) is 15.8. The molecule has 0 aliphatic carbocycles. The van der Waals surface area contributed by atoms with Crippen molar-refractivity contribution in [3.63, 3.8) is 0 Å². The fraction of sp³-hybridized carbons (Fsp3) is 0.304. The number of carbonyl (C=O) groups excluding carboxylic acids is 2. The third kappa shape index (κ3) is 4.26. The first-order valence-electron chi connectivity index (χ1n) is 9.87. The molecule has 2 aromatic carbocycles. The summed E-state index contributed by atoms with van der Waals surface area (Å²) in [5.41, 5.74) is 3.31. The van der Waals surface area contributed by atoms with Gasteiger partial charge in [-0.2, -0.15) is 0 Å². The van der Waals surface area contributed by atoms with Crippen LogP contribution in [0.4, 0.5) is 0 Å². The number of rotatable bonds is 7. The highest BCUT2D eigenvalue weighted by molar-refractivity contribution is 5.89. The molecule has 150 valence electrons. The molecule has 6 heteroatoms. The normalized spacial score (nSPS) is 16.4. The van der Waals surface area contributed by atoms with Crippen LogP contribution in [-0.2, 0) is 22.6 Å². The third-order valence-electron chi connectivity index (χ3n) is 5.49. The molecule has 1 saturated heterocycles. The number of ether oxygens (including phenoxy) is 1. The number of para-hydroxylation sites is 1. The molecular formula is C23H25N3O3. The van der Waals surface area contributed by atoms with Gasteiger partial charge in [0.05, 0.1) is 13.0 Å². The maximum atomic E-state index is 12.6. The van der Waals surface area contributed by atoms with Crippen LogP contribution in [0.5, 0.6) is 5.75 Å². The van der Waals surface area contributed by atoms with Gasteiger partial charge in [0.15, 0.2) is 0 Å². The topological polar surface area (TPSA) is 74.4 Å². The summed E-state index contributed by atoms with van der Waals surface area (Å²) >= 11 is 0. The minimum atomic E-state index is -0.288. The molecule has 2 N–H and O–H groups in total. The van der Waals surface area contributed by atoms with E-state index in [1.807, 2.05) is 48.7 Å². The standard InChI is InChI=1S/C23H25N3O3/c1-29-19-8-6-16(7-9-19)14-26-15-18(12-22(26)27)23(28)24-11-10-17-13-25-21-5-3-2-4-20(17)21/h2-9,13,18,25H,10-12,14-15H2,1H3,(H,24,28). The Morgan fingerprint density at radius 3 is 2.79 bits per heavy atom. The highest BCUT2D eigenvalue weighted by atomic mass is 16.5. The SMILES string of the molecule is COc1ccc(CN2CC(C(=O)NCCc3c[nH]c4ccccc34)CC2=O)cc1. The Kier molecular flexibility index (Phi) is 5.51. The van der Waals surface area contributed by atoms with Gasteiger partial charge < -0.3 is 19.9 Å². The molecule has 0 saturated carbocycles. The molecule has 4 rings (SSSR count). The second-order valence-corrected chi connectivity index (χ2v) is 7.42. The molecule has 1 atom stereocenters. The molecular weight excluding hydrogens is 366 g/mol. The van der Waals surface area contributed by atoms with Crippen molar-refractivity contribution >= 4 is 22.7 Å². The van der Waals surface area contributed by atoms with Crippen LogP contribution in [0, 0.1) is 5.92 Å². The summed E-state index contributed by atoms with van der Waals surface area (Å²) in [5.74, 6) is 0.477. The fourth-order valence-corrected chi connectivity index (χ4v) is 3.86. The summed E-state index contributed by atoms with van der Waals surface area (Å²) in [5, 5.41) is 4.18. The van der Waals surface area contributed by atoms with Crippen molar-refractivity contribution in [2.75, 3.05) is 20.2 Å². The van der Waals surface area contributed by atoms with E-state index in [1.54, 1.807) is 12.0 Å².